The van der Waals surface area contributed by atoms with Crippen molar-refractivity contribution in [3.05, 3.63) is 30.6 Å². The Kier molecular flexibility index (Phi) is 8.46. The number of benzene rings is 1. The standard InChI is InChI=1S/C20H27N5O2.2ClH/c1-27-18-7-6-14(12-16(18)21)20(26)25-10-8-24(9-11-25)19-15-4-2-3-5-17(15)22-13-23-19;;/h2-5,13-14,16,18H,6-12,21H2,1H3;2*1H/t14-,16+,18+;;/m0../s1. The molecule has 2 aromatic rings. The van der Waals surface area contributed by atoms with E-state index in [1.165, 1.54) is 0 Å². The first-order valence-corrected chi connectivity index (χ1v) is 9.69. The summed E-state index contributed by atoms with van der Waals surface area (Å²) in [6.45, 7) is 3.01. The van der Waals surface area contributed by atoms with Crippen LogP contribution in [0.5, 0.6) is 0 Å². The van der Waals surface area contributed by atoms with Crippen LogP contribution in [0.2, 0.25) is 0 Å². The molecule has 2 heterocycles. The molecule has 0 radical (unpaired) electrons. The van der Waals surface area contributed by atoms with Gasteiger partial charge in [0.15, 0.2) is 0 Å². The van der Waals surface area contributed by atoms with Crippen LogP contribution in [0.4, 0.5) is 5.82 Å². The molecule has 1 aromatic heterocycles. The van der Waals surface area contributed by atoms with E-state index in [1.54, 1.807) is 13.4 Å². The first-order chi connectivity index (χ1) is 13.2. The molecule has 7 nitrogen and oxygen atoms in total. The van der Waals surface area contributed by atoms with Gasteiger partial charge in [-0.25, -0.2) is 9.97 Å². The second-order valence-electron chi connectivity index (χ2n) is 7.47. The van der Waals surface area contributed by atoms with E-state index < -0.39 is 0 Å². The minimum absolute atomic E-state index is 0. The molecule has 1 saturated carbocycles. The van der Waals surface area contributed by atoms with Gasteiger partial charge in [-0.3, -0.25) is 4.79 Å². The zero-order valence-electron chi connectivity index (χ0n) is 16.6. The number of nitrogens with two attached hydrogens (primary N) is 1. The predicted molar refractivity (Wildman–Crippen MR) is 119 cm³/mol. The molecule has 2 fully saturated rings. The minimum Gasteiger partial charge on any atom is -0.380 e. The Hall–Kier alpha value is -1.67. The van der Waals surface area contributed by atoms with Gasteiger partial charge >= 0.3 is 0 Å². The summed E-state index contributed by atoms with van der Waals surface area (Å²) < 4.78 is 5.41. The van der Waals surface area contributed by atoms with E-state index >= 15 is 0 Å². The number of hydrogen-bond donors (Lipinski definition) is 1. The number of fused-ring (bicyclic) bond motifs is 1. The molecule has 4 rings (SSSR count). The van der Waals surface area contributed by atoms with Crippen LogP contribution in [0.15, 0.2) is 30.6 Å². The van der Waals surface area contributed by atoms with Crippen molar-refractivity contribution >= 4 is 47.4 Å². The highest BCUT2D eigenvalue weighted by Crippen LogP contribution is 2.28. The van der Waals surface area contributed by atoms with Gasteiger partial charge in [0.2, 0.25) is 5.91 Å². The molecule has 2 N–H and O–H groups in total. The molecule has 0 spiro atoms. The fourth-order valence-electron chi connectivity index (χ4n) is 4.33. The third-order valence-corrected chi connectivity index (χ3v) is 5.90. The van der Waals surface area contributed by atoms with Crippen LogP contribution < -0.4 is 10.6 Å². The maximum Gasteiger partial charge on any atom is 0.225 e. The van der Waals surface area contributed by atoms with Crippen LogP contribution in [-0.4, -0.2) is 66.2 Å². The molecule has 160 valence electrons. The zero-order valence-corrected chi connectivity index (χ0v) is 18.2. The number of hydrogen-bond acceptors (Lipinski definition) is 6. The average Bonchev–Trinajstić information content (AvgIpc) is 2.73. The van der Waals surface area contributed by atoms with Crippen LogP contribution in [0, 0.1) is 5.92 Å². The van der Waals surface area contributed by atoms with Crippen molar-refractivity contribution in [2.24, 2.45) is 11.7 Å². The van der Waals surface area contributed by atoms with Crippen LogP contribution >= 0.6 is 24.8 Å². The molecule has 1 amide bonds. The van der Waals surface area contributed by atoms with Gasteiger partial charge in [0, 0.05) is 50.6 Å². The zero-order chi connectivity index (χ0) is 18.8. The van der Waals surface area contributed by atoms with E-state index in [0.717, 1.165) is 55.7 Å². The summed E-state index contributed by atoms with van der Waals surface area (Å²) in [5.74, 6) is 1.22. The number of carbonyl (C=O) groups is 1. The lowest BCUT2D eigenvalue weighted by atomic mass is 9.83. The summed E-state index contributed by atoms with van der Waals surface area (Å²) in [5.41, 5.74) is 7.13. The van der Waals surface area contributed by atoms with Crippen molar-refractivity contribution in [1.82, 2.24) is 14.9 Å². The van der Waals surface area contributed by atoms with Gasteiger partial charge in [0.05, 0.1) is 11.6 Å². The first kappa shape index (κ1) is 23.6. The van der Waals surface area contributed by atoms with Crippen molar-refractivity contribution in [3.8, 4) is 0 Å². The molecule has 9 heteroatoms. The third-order valence-electron chi connectivity index (χ3n) is 5.90. The lowest BCUT2D eigenvalue weighted by Crippen LogP contribution is -2.52. The molecule has 1 aromatic carbocycles. The van der Waals surface area contributed by atoms with Gasteiger partial charge in [-0.05, 0) is 31.4 Å². The number of amides is 1. The van der Waals surface area contributed by atoms with E-state index in [9.17, 15) is 4.79 Å². The van der Waals surface area contributed by atoms with E-state index in [0.29, 0.717) is 6.42 Å². The SMILES string of the molecule is CO[C@@H]1CC[C@H](C(=O)N2CCN(c3ncnc4ccccc34)CC2)C[C@H]1N.Cl.Cl. The maximum atomic E-state index is 12.9. The van der Waals surface area contributed by atoms with Gasteiger partial charge in [-0.2, -0.15) is 0 Å². The Labute approximate surface area is 183 Å². The molecule has 29 heavy (non-hydrogen) atoms. The number of methoxy groups -OCH3 is 1. The highest BCUT2D eigenvalue weighted by Gasteiger charge is 2.35. The topological polar surface area (TPSA) is 84.6 Å². The smallest absolute Gasteiger partial charge is 0.225 e. The minimum atomic E-state index is -0.0497. The van der Waals surface area contributed by atoms with Crippen molar-refractivity contribution in [3.63, 3.8) is 0 Å². The van der Waals surface area contributed by atoms with Crippen LogP contribution in [0.3, 0.4) is 0 Å². The number of halogens is 2. The summed E-state index contributed by atoms with van der Waals surface area (Å²) >= 11 is 0. The van der Waals surface area contributed by atoms with Gasteiger partial charge in [0.25, 0.3) is 0 Å². The van der Waals surface area contributed by atoms with Crippen LogP contribution in [-0.2, 0) is 9.53 Å². The number of rotatable bonds is 3. The number of aromatic nitrogens is 2. The number of para-hydroxylation sites is 1. The lowest BCUT2D eigenvalue weighted by Gasteiger charge is -2.39. The number of nitrogens with zero attached hydrogens (tertiary/aromatic N) is 4. The summed E-state index contributed by atoms with van der Waals surface area (Å²) in [4.78, 5) is 26.0. The second-order valence-corrected chi connectivity index (χ2v) is 7.47. The van der Waals surface area contributed by atoms with Crippen molar-refractivity contribution in [2.45, 2.75) is 31.4 Å². The monoisotopic (exact) mass is 441 g/mol. The van der Waals surface area contributed by atoms with E-state index in [-0.39, 0.29) is 48.8 Å². The summed E-state index contributed by atoms with van der Waals surface area (Å²) in [6, 6.07) is 8.00. The van der Waals surface area contributed by atoms with Gasteiger partial charge in [0.1, 0.15) is 12.1 Å². The fourth-order valence-corrected chi connectivity index (χ4v) is 4.33. The normalized spacial score (nSPS) is 24.6. The lowest BCUT2D eigenvalue weighted by molar-refractivity contribution is -0.138. The Morgan fingerprint density at radius 2 is 1.83 bits per heavy atom. The largest absolute Gasteiger partial charge is 0.380 e. The Balaban J connectivity index is 0.00000150. The fraction of sp³-hybridized carbons (Fsp3) is 0.550. The van der Waals surface area contributed by atoms with E-state index in [4.69, 9.17) is 10.5 Å². The number of anilines is 1. The van der Waals surface area contributed by atoms with Gasteiger partial charge in [-0.1, -0.05) is 12.1 Å². The summed E-state index contributed by atoms with van der Waals surface area (Å²) in [5, 5.41) is 1.06. The quantitative estimate of drug-likeness (QED) is 0.785. The summed E-state index contributed by atoms with van der Waals surface area (Å²) in [7, 11) is 1.70. The Morgan fingerprint density at radius 1 is 1.10 bits per heavy atom. The second kappa shape index (κ2) is 10.4. The highest BCUT2D eigenvalue weighted by molar-refractivity contribution is 5.89. The van der Waals surface area contributed by atoms with Gasteiger partial charge in [-0.15, -0.1) is 24.8 Å². The number of piperazine rings is 1. The molecule has 0 unspecified atom stereocenters. The molecular weight excluding hydrogens is 413 g/mol. The van der Waals surface area contributed by atoms with Crippen molar-refractivity contribution in [2.75, 3.05) is 38.2 Å². The maximum absolute atomic E-state index is 12.9. The van der Waals surface area contributed by atoms with E-state index in [1.807, 2.05) is 23.1 Å². The highest BCUT2D eigenvalue weighted by atomic mass is 35.5. The molecule has 1 aliphatic carbocycles. The van der Waals surface area contributed by atoms with E-state index in [2.05, 4.69) is 20.9 Å². The van der Waals surface area contributed by atoms with Crippen molar-refractivity contribution in [1.29, 1.82) is 0 Å². The molecule has 2 aliphatic rings. The third kappa shape index (κ3) is 4.91. The van der Waals surface area contributed by atoms with Gasteiger partial charge < -0.3 is 20.3 Å². The molecule has 1 saturated heterocycles. The Morgan fingerprint density at radius 3 is 2.52 bits per heavy atom. The molecule has 1 aliphatic heterocycles. The first-order valence-electron chi connectivity index (χ1n) is 9.69. The molecule has 0 bridgehead atoms. The van der Waals surface area contributed by atoms with Crippen LogP contribution in [0.25, 0.3) is 10.9 Å². The summed E-state index contributed by atoms with van der Waals surface area (Å²) in [6.07, 6.45) is 4.14. The predicted octanol–water partition coefficient (Wildman–Crippen LogP) is 2.26. The molecule has 3 atom stereocenters. The van der Waals surface area contributed by atoms with Crippen molar-refractivity contribution < 1.29 is 9.53 Å². The average molecular weight is 442 g/mol. The van der Waals surface area contributed by atoms with Crippen LogP contribution in [0.1, 0.15) is 19.3 Å². The molecular formula is C20H29Cl2N5O2. The Bertz CT molecular complexity index is 811. The number of carbonyl (C=O) groups excluding carboxylic acids is 1. The number of ether oxygens (including phenoxy) is 1.